The molecule has 5 heteroatoms. The quantitative estimate of drug-likeness (QED) is 0.597. The fourth-order valence-electron chi connectivity index (χ4n) is 2.16. The van der Waals surface area contributed by atoms with Crippen molar-refractivity contribution >= 4 is 5.91 Å². The van der Waals surface area contributed by atoms with Crippen LogP contribution in [0.25, 0.3) is 0 Å². The molecule has 1 amide bonds. The Labute approximate surface area is 106 Å². The topological polar surface area (TPSA) is 81.6 Å². The Kier molecular flexibility index (Phi) is 4.04. The molecule has 5 nitrogen and oxygen atoms in total. The Balaban J connectivity index is 1.85. The highest BCUT2D eigenvalue weighted by atomic mass is 16.3. The van der Waals surface area contributed by atoms with Gasteiger partial charge in [0.15, 0.2) is 11.5 Å². The maximum absolute atomic E-state index is 11.8. The van der Waals surface area contributed by atoms with E-state index in [0.717, 1.165) is 25.9 Å². The van der Waals surface area contributed by atoms with Crippen LogP contribution in [0, 0.1) is 5.92 Å². The number of hydrogen-bond acceptors (Lipinski definition) is 4. The molecule has 1 heterocycles. The summed E-state index contributed by atoms with van der Waals surface area (Å²) in [5.41, 5.74) is 0.111. The number of phenolic OH excluding ortho intramolecular Hbond substituents is 2. The summed E-state index contributed by atoms with van der Waals surface area (Å²) < 4.78 is 0. The van der Waals surface area contributed by atoms with Crippen molar-refractivity contribution in [1.29, 1.82) is 0 Å². The molecule has 4 N–H and O–H groups in total. The number of rotatable bonds is 4. The maximum atomic E-state index is 11.8. The second kappa shape index (κ2) is 5.73. The summed E-state index contributed by atoms with van der Waals surface area (Å²) in [7, 11) is 0. The van der Waals surface area contributed by atoms with Crippen molar-refractivity contribution in [3.63, 3.8) is 0 Å². The van der Waals surface area contributed by atoms with Crippen LogP contribution in [-0.4, -0.2) is 35.8 Å². The van der Waals surface area contributed by atoms with Crippen molar-refractivity contribution in [2.45, 2.75) is 12.8 Å². The molecule has 1 aliphatic heterocycles. The van der Waals surface area contributed by atoms with Crippen LogP contribution >= 0.6 is 0 Å². The molecule has 2 rings (SSSR count). The van der Waals surface area contributed by atoms with Gasteiger partial charge in [-0.05, 0) is 44.0 Å². The molecule has 1 aromatic carbocycles. The Morgan fingerprint density at radius 3 is 3.00 bits per heavy atom. The number of hydrogen-bond donors (Lipinski definition) is 4. The van der Waals surface area contributed by atoms with Gasteiger partial charge in [0, 0.05) is 6.54 Å². The predicted octanol–water partition coefficient (Wildman–Crippen LogP) is 0.827. The predicted molar refractivity (Wildman–Crippen MR) is 67.7 cm³/mol. The van der Waals surface area contributed by atoms with Crippen LogP contribution in [0.4, 0.5) is 0 Å². The standard InChI is InChI=1S/C13H18N2O3/c16-11-3-1-2-10(12(11)17)13(18)15-7-5-9-4-6-14-8-9/h1-3,9,14,16-17H,4-8H2,(H,15,18). The molecule has 1 atom stereocenters. The summed E-state index contributed by atoms with van der Waals surface area (Å²) in [6.07, 6.45) is 2.07. The van der Waals surface area contributed by atoms with Gasteiger partial charge >= 0.3 is 0 Å². The number of benzene rings is 1. The van der Waals surface area contributed by atoms with E-state index < -0.39 is 0 Å². The summed E-state index contributed by atoms with van der Waals surface area (Å²) in [6, 6.07) is 4.36. The van der Waals surface area contributed by atoms with Crippen LogP contribution < -0.4 is 10.6 Å². The van der Waals surface area contributed by atoms with E-state index in [9.17, 15) is 15.0 Å². The van der Waals surface area contributed by atoms with Gasteiger partial charge < -0.3 is 20.8 Å². The molecule has 0 spiro atoms. The minimum Gasteiger partial charge on any atom is -0.504 e. The van der Waals surface area contributed by atoms with Crippen LogP contribution in [0.3, 0.4) is 0 Å². The zero-order valence-electron chi connectivity index (χ0n) is 10.1. The van der Waals surface area contributed by atoms with Gasteiger partial charge in [-0.3, -0.25) is 4.79 Å². The highest BCUT2D eigenvalue weighted by molar-refractivity contribution is 5.97. The van der Waals surface area contributed by atoms with Gasteiger partial charge in [0.05, 0.1) is 5.56 Å². The van der Waals surface area contributed by atoms with E-state index in [1.807, 2.05) is 0 Å². The van der Waals surface area contributed by atoms with Crippen LogP contribution in [-0.2, 0) is 0 Å². The third-order valence-corrected chi connectivity index (χ3v) is 3.26. The van der Waals surface area contributed by atoms with Crippen LogP contribution in [0.5, 0.6) is 11.5 Å². The van der Waals surface area contributed by atoms with Crippen molar-refractivity contribution < 1.29 is 15.0 Å². The number of nitrogens with one attached hydrogen (secondary N) is 2. The van der Waals surface area contributed by atoms with Crippen molar-refractivity contribution in [3.8, 4) is 11.5 Å². The average Bonchev–Trinajstić information content (AvgIpc) is 2.85. The lowest BCUT2D eigenvalue weighted by atomic mass is 10.1. The molecule has 1 aliphatic rings. The molecule has 98 valence electrons. The largest absolute Gasteiger partial charge is 0.504 e. The maximum Gasteiger partial charge on any atom is 0.255 e. The summed E-state index contributed by atoms with van der Waals surface area (Å²) in [4.78, 5) is 11.8. The normalized spacial score (nSPS) is 18.8. The number of para-hydroxylation sites is 1. The molecule has 1 fully saturated rings. The minimum absolute atomic E-state index is 0.111. The summed E-state index contributed by atoms with van der Waals surface area (Å²) in [5, 5.41) is 24.9. The lowest BCUT2D eigenvalue weighted by Crippen LogP contribution is -2.26. The molecule has 1 aromatic rings. The smallest absolute Gasteiger partial charge is 0.255 e. The molecular formula is C13H18N2O3. The van der Waals surface area contributed by atoms with E-state index in [1.165, 1.54) is 18.2 Å². The zero-order chi connectivity index (χ0) is 13.0. The Hall–Kier alpha value is -1.75. The third-order valence-electron chi connectivity index (χ3n) is 3.26. The first-order valence-corrected chi connectivity index (χ1v) is 6.18. The second-order valence-electron chi connectivity index (χ2n) is 4.58. The number of phenols is 2. The van der Waals surface area contributed by atoms with Crippen LogP contribution in [0.1, 0.15) is 23.2 Å². The average molecular weight is 250 g/mol. The van der Waals surface area contributed by atoms with Gasteiger partial charge in [-0.25, -0.2) is 0 Å². The number of amides is 1. The first kappa shape index (κ1) is 12.7. The first-order chi connectivity index (χ1) is 8.68. The minimum atomic E-state index is -0.363. The van der Waals surface area contributed by atoms with Gasteiger partial charge in [0.2, 0.25) is 0 Å². The van der Waals surface area contributed by atoms with E-state index in [-0.39, 0.29) is 23.0 Å². The molecular weight excluding hydrogens is 232 g/mol. The summed E-state index contributed by atoms with van der Waals surface area (Å²) in [5.74, 6) is -0.377. The van der Waals surface area contributed by atoms with E-state index in [1.54, 1.807) is 0 Å². The number of carbonyl (C=O) groups is 1. The van der Waals surface area contributed by atoms with E-state index in [0.29, 0.717) is 12.5 Å². The Morgan fingerprint density at radius 1 is 1.44 bits per heavy atom. The molecule has 0 radical (unpaired) electrons. The first-order valence-electron chi connectivity index (χ1n) is 6.18. The summed E-state index contributed by atoms with van der Waals surface area (Å²) in [6.45, 7) is 2.64. The monoisotopic (exact) mass is 250 g/mol. The lowest BCUT2D eigenvalue weighted by Gasteiger charge is -2.10. The van der Waals surface area contributed by atoms with E-state index in [2.05, 4.69) is 10.6 Å². The molecule has 0 aromatic heterocycles. The summed E-state index contributed by atoms with van der Waals surface area (Å²) >= 11 is 0. The third kappa shape index (κ3) is 2.92. The Bertz CT molecular complexity index is 428. The molecule has 1 unspecified atom stereocenters. The molecule has 0 bridgehead atoms. The highest BCUT2D eigenvalue weighted by Gasteiger charge is 2.16. The van der Waals surface area contributed by atoms with Crippen molar-refractivity contribution in [2.75, 3.05) is 19.6 Å². The number of carbonyl (C=O) groups excluding carboxylic acids is 1. The molecule has 18 heavy (non-hydrogen) atoms. The fourth-order valence-corrected chi connectivity index (χ4v) is 2.16. The lowest BCUT2D eigenvalue weighted by molar-refractivity contribution is 0.0948. The van der Waals surface area contributed by atoms with Gasteiger partial charge in [-0.15, -0.1) is 0 Å². The molecule has 0 aliphatic carbocycles. The van der Waals surface area contributed by atoms with E-state index >= 15 is 0 Å². The SMILES string of the molecule is O=C(NCCC1CCNC1)c1cccc(O)c1O. The fraction of sp³-hybridized carbons (Fsp3) is 0.462. The second-order valence-corrected chi connectivity index (χ2v) is 4.58. The van der Waals surface area contributed by atoms with Crippen LogP contribution in [0.2, 0.25) is 0 Å². The van der Waals surface area contributed by atoms with Gasteiger partial charge in [-0.1, -0.05) is 6.07 Å². The van der Waals surface area contributed by atoms with E-state index in [4.69, 9.17) is 0 Å². The van der Waals surface area contributed by atoms with Gasteiger partial charge in [0.1, 0.15) is 0 Å². The van der Waals surface area contributed by atoms with Crippen molar-refractivity contribution in [2.24, 2.45) is 5.92 Å². The van der Waals surface area contributed by atoms with Gasteiger partial charge in [0.25, 0.3) is 5.91 Å². The number of aromatic hydroxyl groups is 2. The van der Waals surface area contributed by atoms with Crippen LogP contribution in [0.15, 0.2) is 18.2 Å². The van der Waals surface area contributed by atoms with Crippen molar-refractivity contribution in [3.05, 3.63) is 23.8 Å². The molecule has 0 saturated carbocycles. The van der Waals surface area contributed by atoms with Gasteiger partial charge in [-0.2, -0.15) is 0 Å². The highest BCUT2D eigenvalue weighted by Crippen LogP contribution is 2.27. The molecule has 1 saturated heterocycles. The Morgan fingerprint density at radius 2 is 2.28 bits per heavy atom. The van der Waals surface area contributed by atoms with Crippen molar-refractivity contribution in [1.82, 2.24) is 10.6 Å². The zero-order valence-corrected chi connectivity index (χ0v) is 10.1.